The fourth-order valence-corrected chi connectivity index (χ4v) is 2.62. The molecule has 0 saturated carbocycles. The number of rotatable bonds is 4. The Morgan fingerprint density at radius 2 is 1.88 bits per heavy atom. The molecule has 1 aromatic rings. The fraction of sp³-hybridized carbons (Fsp3) is 0.538. The van der Waals surface area contributed by atoms with Crippen LogP contribution in [0.15, 0.2) is 6.07 Å². The molecule has 94 valence electrons. The highest BCUT2D eigenvalue weighted by Crippen LogP contribution is 2.48. The van der Waals surface area contributed by atoms with E-state index in [9.17, 15) is 0 Å². The molecule has 4 nitrogen and oxygen atoms in total. The summed E-state index contributed by atoms with van der Waals surface area (Å²) < 4.78 is 16.2. The zero-order valence-electron chi connectivity index (χ0n) is 10.6. The van der Waals surface area contributed by atoms with Gasteiger partial charge in [0, 0.05) is 23.1 Å². The SMILES string of the molecule is COc1cc(OC)c2c(c1OC)CCC2CN. The Balaban J connectivity index is 2.61. The standard InChI is InChI=1S/C13H19NO3/c1-15-10-6-11(16-2)13(17-3)9-5-4-8(7-14)12(9)10/h6,8H,4-5,7,14H2,1-3H3. The summed E-state index contributed by atoms with van der Waals surface area (Å²) in [5.74, 6) is 2.75. The quantitative estimate of drug-likeness (QED) is 0.866. The van der Waals surface area contributed by atoms with Crippen LogP contribution < -0.4 is 19.9 Å². The Morgan fingerprint density at radius 1 is 1.18 bits per heavy atom. The average Bonchev–Trinajstić information content (AvgIpc) is 2.80. The van der Waals surface area contributed by atoms with Gasteiger partial charge in [0.15, 0.2) is 11.5 Å². The van der Waals surface area contributed by atoms with Crippen LogP contribution in [0.5, 0.6) is 17.2 Å². The Kier molecular flexibility index (Phi) is 3.43. The topological polar surface area (TPSA) is 53.7 Å². The third kappa shape index (κ3) is 1.82. The molecule has 2 rings (SSSR count). The number of ether oxygens (including phenoxy) is 3. The Bertz CT molecular complexity index is 418. The lowest BCUT2D eigenvalue weighted by Crippen LogP contribution is -2.10. The lowest BCUT2D eigenvalue weighted by Gasteiger charge is -2.17. The van der Waals surface area contributed by atoms with Crippen LogP contribution >= 0.6 is 0 Å². The highest BCUT2D eigenvalue weighted by atomic mass is 16.5. The number of hydrogen-bond donors (Lipinski definition) is 1. The van der Waals surface area contributed by atoms with Crippen LogP contribution in [-0.4, -0.2) is 27.9 Å². The van der Waals surface area contributed by atoms with E-state index in [4.69, 9.17) is 19.9 Å². The lowest BCUT2D eigenvalue weighted by molar-refractivity contribution is 0.345. The maximum atomic E-state index is 5.81. The van der Waals surface area contributed by atoms with Gasteiger partial charge < -0.3 is 19.9 Å². The van der Waals surface area contributed by atoms with E-state index in [0.717, 1.165) is 30.1 Å². The third-order valence-electron chi connectivity index (χ3n) is 3.43. The summed E-state index contributed by atoms with van der Waals surface area (Å²) in [4.78, 5) is 0. The number of hydrogen-bond acceptors (Lipinski definition) is 4. The number of benzene rings is 1. The van der Waals surface area contributed by atoms with Gasteiger partial charge in [0.05, 0.1) is 21.3 Å². The summed E-state index contributed by atoms with van der Waals surface area (Å²) in [7, 11) is 4.98. The predicted molar refractivity (Wildman–Crippen MR) is 66.2 cm³/mol. The summed E-state index contributed by atoms with van der Waals surface area (Å²) in [5, 5.41) is 0. The van der Waals surface area contributed by atoms with Gasteiger partial charge in [-0.15, -0.1) is 0 Å². The molecule has 0 fully saturated rings. The maximum absolute atomic E-state index is 5.81. The van der Waals surface area contributed by atoms with Gasteiger partial charge in [-0.1, -0.05) is 0 Å². The highest BCUT2D eigenvalue weighted by molar-refractivity contribution is 5.60. The highest BCUT2D eigenvalue weighted by Gasteiger charge is 2.30. The van der Waals surface area contributed by atoms with Gasteiger partial charge in [0.1, 0.15) is 5.75 Å². The molecule has 0 aromatic heterocycles. The Morgan fingerprint density at radius 3 is 2.41 bits per heavy atom. The molecule has 0 aliphatic heterocycles. The summed E-state index contributed by atoms with van der Waals surface area (Å²) in [6.45, 7) is 0.638. The molecule has 0 saturated heterocycles. The number of nitrogens with two attached hydrogens (primary N) is 1. The van der Waals surface area contributed by atoms with Gasteiger partial charge in [0.25, 0.3) is 0 Å². The first-order chi connectivity index (χ1) is 8.26. The van der Waals surface area contributed by atoms with E-state index in [1.54, 1.807) is 21.3 Å². The molecule has 1 unspecified atom stereocenters. The van der Waals surface area contributed by atoms with Crippen molar-refractivity contribution >= 4 is 0 Å². The summed E-state index contributed by atoms with van der Waals surface area (Å²) in [6.07, 6.45) is 2.01. The zero-order chi connectivity index (χ0) is 12.4. The maximum Gasteiger partial charge on any atom is 0.164 e. The van der Waals surface area contributed by atoms with Gasteiger partial charge in [0.2, 0.25) is 0 Å². The molecule has 0 bridgehead atoms. The Hall–Kier alpha value is -1.42. The smallest absolute Gasteiger partial charge is 0.164 e. The van der Waals surface area contributed by atoms with Gasteiger partial charge >= 0.3 is 0 Å². The molecular weight excluding hydrogens is 218 g/mol. The summed E-state index contributed by atoms with van der Waals surface area (Å²) in [5.41, 5.74) is 8.17. The fourth-order valence-electron chi connectivity index (χ4n) is 2.62. The van der Waals surface area contributed by atoms with Gasteiger partial charge in [-0.2, -0.15) is 0 Å². The number of fused-ring (bicyclic) bond motifs is 1. The van der Waals surface area contributed by atoms with Crippen LogP contribution in [0.25, 0.3) is 0 Å². The van der Waals surface area contributed by atoms with Crippen molar-refractivity contribution in [1.29, 1.82) is 0 Å². The zero-order valence-corrected chi connectivity index (χ0v) is 10.6. The molecule has 0 amide bonds. The second-order valence-corrected chi connectivity index (χ2v) is 4.18. The molecule has 1 atom stereocenters. The van der Waals surface area contributed by atoms with Gasteiger partial charge in [-0.05, 0) is 19.4 Å². The minimum Gasteiger partial charge on any atom is -0.496 e. The molecule has 0 spiro atoms. The molecule has 0 radical (unpaired) electrons. The van der Waals surface area contributed by atoms with Crippen molar-refractivity contribution in [3.63, 3.8) is 0 Å². The largest absolute Gasteiger partial charge is 0.496 e. The minimum atomic E-state index is 0.361. The van der Waals surface area contributed by atoms with E-state index in [1.165, 1.54) is 11.1 Å². The normalized spacial score (nSPS) is 17.8. The summed E-state index contributed by atoms with van der Waals surface area (Å²) >= 11 is 0. The van der Waals surface area contributed by atoms with E-state index in [1.807, 2.05) is 6.07 Å². The van der Waals surface area contributed by atoms with Crippen molar-refractivity contribution in [3.05, 3.63) is 17.2 Å². The first kappa shape index (κ1) is 12.0. The van der Waals surface area contributed by atoms with Crippen molar-refractivity contribution in [3.8, 4) is 17.2 Å². The van der Waals surface area contributed by atoms with Gasteiger partial charge in [-0.25, -0.2) is 0 Å². The van der Waals surface area contributed by atoms with Crippen LogP contribution in [-0.2, 0) is 6.42 Å². The van der Waals surface area contributed by atoms with Crippen LogP contribution in [0.3, 0.4) is 0 Å². The molecule has 1 aromatic carbocycles. The van der Waals surface area contributed by atoms with Crippen molar-refractivity contribution in [1.82, 2.24) is 0 Å². The van der Waals surface area contributed by atoms with Crippen molar-refractivity contribution in [2.24, 2.45) is 5.73 Å². The number of methoxy groups -OCH3 is 3. The van der Waals surface area contributed by atoms with E-state index in [0.29, 0.717) is 12.5 Å². The molecule has 1 aliphatic rings. The van der Waals surface area contributed by atoms with Crippen LogP contribution in [0, 0.1) is 0 Å². The van der Waals surface area contributed by atoms with Crippen molar-refractivity contribution in [2.75, 3.05) is 27.9 Å². The van der Waals surface area contributed by atoms with Gasteiger partial charge in [-0.3, -0.25) is 0 Å². The van der Waals surface area contributed by atoms with E-state index in [-0.39, 0.29) is 0 Å². The minimum absolute atomic E-state index is 0.361. The van der Waals surface area contributed by atoms with E-state index in [2.05, 4.69) is 0 Å². The first-order valence-electron chi connectivity index (χ1n) is 5.78. The summed E-state index contributed by atoms with van der Waals surface area (Å²) in [6, 6.07) is 1.88. The first-order valence-corrected chi connectivity index (χ1v) is 5.78. The van der Waals surface area contributed by atoms with Crippen molar-refractivity contribution in [2.45, 2.75) is 18.8 Å². The van der Waals surface area contributed by atoms with E-state index < -0.39 is 0 Å². The second-order valence-electron chi connectivity index (χ2n) is 4.18. The molecule has 1 aliphatic carbocycles. The molecular formula is C13H19NO3. The molecule has 0 heterocycles. The molecule has 17 heavy (non-hydrogen) atoms. The van der Waals surface area contributed by atoms with Crippen LogP contribution in [0.4, 0.5) is 0 Å². The third-order valence-corrected chi connectivity index (χ3v) is 3.43. The second kappa shape index (κ2) is 4.84. The molecule has 4 heteroatoms. The van der Waals surface area contributed by atoms with Crippen LogP contribution in [0.2, 0.25) is 0 Å². The average molecular weight is 237 g/mol. The lowest BCUT2D eigenvalue weighted by atomic mass is 9.99. The predicted octanol–water partition coefficient (Wildman–Crippen LogP) is 1.70. The monoisotopic (exact) mass is 237 g/mol. The van der Waals surface area contributed by atoms with Crippen LogP contribution in [0.1, 0.15) is 23.5 Å². The Labute approximate surface area is 102 Å². The van der Waals surface area contributed by atoms with E-state index >= 15 is 0 Å². The molecule has 2 N–H and O–H groups in total. The van der Waals surface area contributed by atoms with Crippen molar-refractivity contribution < 1.29 is 14.2 Å².